The maximum Gasteiger partial charge on any atom is 0.333 e. The Labute approximate surface area is 171 Å². The molecule has 4 N–H and O–H groups in total. The van der Waals surface area contributed by atoms with E-state index in [0.29, 0.717) is 5.69 Å². The van der Waals surface area contributed by atoms with Crippen LogP contribution in [0.15, 0.2) is 41.9 Å². The van der Waals surface area contributed by atoms with Gasteiger partial charge in [0.05, 0.1) is 29.1 Å². The van der Waals surface area contributed by atoms with E-state index in [1.165, 1.54) is 22.2 Å². The summed E-state index contributed by atoms with van der Waals surface area (Å²) in [6, 6.07) is 8.43. The highest BCUT2D eigenvalue weighted by Gasteiger charge is 2.19. The third-order valence-electron chi connectivity index (χ3n) is 3.84. The van der Waals surface area contributed by atoms with E-state index in [-0.39, 0.29) is 23.4 Å². The molecule has 1 aromatic carbocycles. The molecular weight excluding hydrogens is 392 g/mol. The zero-order valence-corrected chi connectivity index (χ0v) is 17.1. The zero-order chi connectivity index (χ0) is 21.0. The monoisotopic (exact) mass is 414 g/mol. The van der Waals surface area contributed by atoms with Crippen LogP contribution in [0.1, 0.15) is 42.0 Å². The SMILES string of the molecule is CC(C)(C)c1nc(CNC(=O)NNC(=O)c2nn(-c3ccccc3)cc2O)cs1. The first-order valence-electron chi connectivity index (χ1n) is 8.87. The average molecular weight is 414 g/mol. The summed E-state index contributed by atoms with van der Waals surface area (Å²) in [7, 11) is 0. The largest absolute Gasteiger partial charge is 0.504 e. The lowest BCUT2D eigenvalue weighted by Crippen LogP contribution is -2.46. The van der Waals surface area contributed by atoms with Crippen molar-refractivity contribution < 1.29 is 14.7 Å². The molecule has 2 aromatic heterocycles. The summed E-state index contributed by atoms with van der Waals surface area (Å²) in [5.41, 5.74) is 5.61. The van der Waals surface area contributed by atoms with Gasteiger partial charge < -0.3 is 10.4 Å². The average Bonchev–Trinajstić information content (AvgIpc) is 3.32. The Bertz CT molecular complexity index is 1010. The van der Waals surface area contributed by atoms with Gasteiger partial charge in [0.15, 0.2) is 11.4 Å². The third kappa shape index (κ3) is 5.11. The Morgan fingerprint density at radius 2 is 1.90 bits per heavy atom. The van der Waals surface area contributed by atoms with Crippen molar-refractivity contribution in [1.82, 2.24) is 30.9 Å². The molecule has 0 saturated carbocycles. The minimum absolute atomic E-state index is 0.0513. The number of hydrogen-bond donors (Lipinski definition) is 4. The van der Waals surface area contributed by atoms with Gasteiger partial charge in [-0.05, 0) is 12.1 Å². The normalized spacial score (nSPS) is 11.1. The number of rotatable bonds is 4. The van der Waals surface area contributed by atoms with E-state index in [4.69, 9.17) is 0 Å². The number of thiazole rings is 1. The van der Waals surface area contributed by atoms with Crippen molar-refractivity contribution >= 4 is 23.3 Å². The molecule has 2 heterocycles. The Morgan fingerprint density at radius 3 is 2.55 bits per heavy atom. The number of hydrazine groups is 1. The lowest BCUT2D eigenvalue weighted by Gasteiger charge is -2.13. The minimum Gasteiger partial charge on any atom is -0.504 e. The van der Waals surface area contributed by atoms with Crippen LogP contribution < -0.4 is 16.2 Å². The number of benzene rings is 1. The lowest BCUT2D eigenvalue weighted by molar-refractivity contribution is 0.0928. The van der Waals surface area contributed by atoms with Gasteiger partial charge in [-0.1, -0.05) is 39.0 Å². The first-order chi connectivity index (χ1) is 13.7. The van der Waals surface area contributed by atoms with Gasteiger partial charge in [-0.2, -0.15) is 5.10 Å². The predicted octanol–water partition coefficient (Wildman–Crippen LogP) is 2.48. The molecule has 0 fully saturated rings. The second kappa shape index (κ2) is 8.31. The van der Waals surface area contributed by atoms with Crippen LogP contribution in [-0.2, 0) is 12.0 Å². The number of nitrogens with zero attached hydrogens (tertiary/aromatic N) is 3. The summed E-state index contributed by atoms with van der Waals surface area (Å²) in [4.78, 5) is 28.6. The first kappa shape index (κ1) is 20.3. The van der Waals surface area contributed by atoms with E-state index < -0.39 is 11.9 Å². The van der Waals surface area contributed by atoms with Crippen molar-refractivity contribution in [2.75, 3.05) is 0 Å². The molecule has 3 aromatic rings. The highest BCUT2D eigenvalue weighted by atomic mass is 32.1. The molecule has 0 spiro atoms. The Kier molecular flexibility index (Phi) is 5.83. The molecule has 0 unspecified atom stereocenters. The van der Waals surface area contributed by atoms with Crippen LogP contribution in [0.3, 0.4) is 0 Å². The van der Waals surface area contributed by atoms with Crippen molar-refractivity contribution in [3.63, 3.8) is 0 Å². The standard InChI is InChI=1S/C19H22N6O3S/c1-19(2,3)17-21-12(11-29-17)9-20-18(28)23-22-16(27)15-14(26)10-25(24-15)13-7-5-4-6-8-13/h4-8,10-11,26H,9H2,1-3H3,(H,22,27)(H2,20,23,28). The van der Waals surface area contributed by atoms with Crippen LogP contribution in [0.4, 0.5) is 4.79 Å². The number of carbonyl (C=O) groups is 2. The molecule has 9 nitrogen and oxygen atoms in total. The van der Waals surface area contributed by atoms with Crippen LogP contribution in [0, 0.1) is 0 Å². The maximum atomic E-state index is 12.2. The smallest absolute Gasteiger partial charge is 0.333 e. The summed E-state index contributed by atoms with van der Waals surface area (Å²) in [5, 5.41) is 19.5. The molecule has 0 atom stereocenters. The highest BCUT2D eigenvalue weighted by molar-refractivity contribution is 7.09. The van der Waals surface area contributed by atoms with Gasteiger partial charge in [0.1, 0.15) is 0 Å². The number of nitrogens with one attached hydrogen (secondary N) is 3. The molecule has 0 saturated heterocycles. The quantitative estimate of drug-likeness (QED) is 0.489. The molecule has 0 aliphatic carbocycles. The molecular formula is C19H22N6O3S. The van der Waals surface area contributed by atoms with Crippen LogP contribution in [0.5, 0.6) is 5.75 Å². The van der Waals surface area contributed by atoms with Crippen LogP contribution in [0.25, 0.3) is 5.69 Å². The fourth-order valence-corrected chi connectivity index (χ4v) is 3.27. The van der Waals surface area contributed by atoms with E-state index in [1.807, 2.05) is 23.6 Å². The molecule has 0 aliphatic heterocycles. The molecule has 10 heteroatoms. The van der Waals surface area contributed by atoms with Gasteiger partial charge in [-0.15, -0.1) is 11.3 Å². The van der Waals surface area contributed by atoms with Gasteiger partial charge in [0.25, 0.3) is 5.91 Å². The van der Waals surface area contributed by atoms with Crippen LogP contribution in [0.2, 0.25) is 0 Å². The zero-order valence-electron chi connectivity index (χ0n) is 16.3. The molecule has 152 valence electrons. The Balaban J connectivity index is 1.52. The number of amides is 3. The summed E-state index contributed by atoms with van der Waals surface area (Å²) in [6.07, 6.45) is 1.32. The van der Waals surface area contributed by atoms with Crippen molar-refractivity contribution in [1.29, 1.82) is 0 Å². The number of carbonyl (C=O) groups excluding carboxylic acids is 2. The minimum atomic E-state index is -0.740. The second-order valence-corrected chi connectivity index (χ2v) is 8.16. The number of hydrogen-bond acceptors (Lipinski definition) is 6. The van der Waals surface area contributed by atoms with E-state index in [0.717, 1.165) is 10.7 Å². The fourth-order valence-electron chi connectivity index (χ4n) is 2.36. The highest BCUT2D eigenvalue weighted by Crippen LogP contribution is 2.25. The maximum absolute atomic E-state index is 12.2. The van der Waals surface area contributed by atoms with E-state index in [9.17, 15) is 14.7 Å². The number of para-hydroxylation sites is 1. The summed E-state index contributed by atoms with van der Waals surface area (Å²) in [5.74, 6) is -1.04. The van der Waals surface area contributed by atoms with Crippen LogP contribution >= 0.6 is 11.3 Å². The summed E-state index contributed by atoms with van der Waals surface area (Å²) < 4.78 is 1.37. The first-order valence-corrected chi connectivity index (χ1v) is 9.75. The second-order valence-electron chi connectivity index (χ2n) is 7.30. The van der Waals surface area contributed by atoms with Crippen molar-refractivity contribution in [2.24, 2.45) is 0 Å². The molecule has 3 amide bonds. The van der Waals surface area contributed by atoms with Crippen molar-refractivity contribution in [3.05, 3.63) is 58.3 Å². The number of aromatic hydroxyl groups is 1. The third-order valence-corrected chi connectivity index (χ3v) is 5.16. The van der Waals surface area contributed by atoms with E-state index in [1.54, 1.807) is 12.1 Å². The molecule has 3 rings (SSSR count). The lowest BCUT2D eigenvalue weighted by atomic mass is 9.98. The Hall–Kier alpha value is -3.40. The van der Waals surface area contributed by atoms with Gasteiger partial charge in [-0.3, -0.25) is 10.2 Å². The van der Waals surface area contributed by atoms with Gasteiger partial charge in [0, 0.05) is 10.8 Å². The number of aromatic nitrogens is 3. The molecule has 29 heavy (non-hydrogen) atoms. The van der Waals surface area contributed by atoms with Gasteiger partial charge in [-0.25, -0.2) is 19.9 Å². The molecule has 0 radical (unpaired) electrons. The van der Waals surface area contributed by atoms with Crippen LogP contribution in [-0.4, -0.2) is 31.8 Å². The van der Waals surface area contributed by atoms with E-state index >= 15 is 0 Å². The predicted molar refractivity (Wildman–Crippen MR) is 109 cm³/mol. The van der Waals surface area contributed by atoms with Gasteiger partial charge in [0.2, 0.25) is 0 Å². The van der Waals surface area contributed by atoms with Gasteiger partial charge >= 0.3 is 6.03 Å². The molecule has 0 aliphatic rings. The Morgan fingerprint density at radius 1 is 1.17 bits per heavy atom. The fraction of sp³-hybridized carbons (Fsp3) is 0.263. The number of urea groups is 1. The summed E-state index contributed by atoms with van der Waals surface area (Å²) in [6.45, 7) is 6.43. The van der Waals surface area contributed by atoms with Crippen molar-refractivity contribution in [2.45, 2.75) is 32.7 Å². The van der Waals surface area contributed by atoms with Crippen molar-refractivity contribution in [3.8, 4) is 11.4 Å². The summed E-state index contributed by atoms with van der Waals surface area (Å²) >= 11 is 1.53. The van der Waals surface area contributed by atoms with E-state index in [2.05, 4.69) is 47.0 Å². The topological polar surface area (TPSA) is 121 Å². The molecule has 0 bridgehead atoms.